The topological polar surface area (TPSA) is 18.5 Å². The molecule has 2 fully saturated rings. The van der Waals surface area contributed by atoms with E-state index < -0.39 is 0 Å². The van der Waals surface area contributed by atoms with Crippen molar-refractivity contribution in [3.63, 3.8) is 0 Å². The molecular weight excluding hydrogens is 272 g/mol. The maximum atomic E-state index is 5.86. The van der Waals surface area contributed by atoms with Crippen molar-refractivity contribution in [2.24, 2.45) is 17.8 Å². The SMILES string of the molecule is CC(C)CCOC1CCCC(C)C1.COC1CCCCC1C. The van der Waals surface area contributed by atoms with Crippen molar-refractivity contribution in [1.29, 1.82) is 0 Å². The van der Waals surface area contributed by atoms with Crippen molar-refractivity contribution in [3.8, 4) is 0 Å². The van der Waals surface area contributed by atoms with Crippen LogP contribution in [0.2, 0.25) is 0 Å². The molecule has 4 unspecified atom stereocenters. The lowest BCUT2D eigenvalue weighted by Gasteiger charge is -2.27. The van der Waals surface area contributed by atoms with Crippen LogP contribution in [-0.2, 0) is 9.47 Å². The molecule has 2 heteroatoms. The fraction of sp³-hybridized carbons (Fsp3) is 1.00. The first kappa shape index (κ1) is 20.0. The van der Waals surface area contributed by atoms with Gasteiger partial charge in [0.15, 0.2) is 0 Å². The van der Waals surface area contributed by atoms with Gasteiger partial charge in [-0.15, -0.1) is 0 Å². The minimum Gasteiger partial charge on any atom is -0.381 e. The fourth-order valence-electron chi connectivity index (χ4n) is 3.63. The van der Waals surface area contributed by atoms with E-state index in [0.717, 1.165) is 24.4 Å². The highest BCUT2D eigenvalue weighted by molar-refractivity contribution is 4.71. The molecule has 0 N–H and O–H groups in total. The summed E-state index contributed by atoms with van der Waals surface area (Å²) in [5.41, 5.74) is 0. The van der Waals surface area contributed by atoms with Gasteiger partial charge in [-0.05, 0) is 49.9 Å². The zero-order valence-electron chi connectivity index (χ0n) is 15.8. The molecule has 22 heavy (non-hydrogen) atoms. The lowest BCUT2D eigenvalue weighted by molar-refractivity contribution is 0.0107. The van der Waals surface area contributed by atoms with Crippen LogP contribution in [0.1, 0.15) is 85.5 Å². The van der Waals surface area contributed by atoms with E-state index in [1.54, 1.807) is 0 Å². The highest BCUT2D eigenvalue weighted by atomic mass is 16.5. The minimum atomic E-state index is 0.554. The van der Waals surface area contributed by atoms with Gasteiger partial charge in [0.1, 0.15) is 0 Å². The summed E-state index contributed by atoms with van der Waals surface area (Å²) in [6.45, 7) is 10.1. The van der Waals surface area contributed by atoms with Gasteiger partial charge >= 0.3 is 0 Å². The van der Waals surface area contributed by atoms with E-state index in [1.165, 1.54) is 57.8 Å². The Hall–Kier alpha value is -0.0800. The third kappa shape index (κ3) is 8.53. The molecule has 0 bridgehead atoms. The Balaban J connectivity index is 0.000000235. The molecule has 132 valence electrons. The first-order chi connectivity index (χ1) is 10.5. The zero-order chi connectivity index (χ0) is 16.4. The van der Waals surface area contributed by atoms with E-state index in [0.29, 0.717) is 12.2 Å². The molecule has 2 aliphatic carbocycles. The predicted octanol–water partition coefficient (Wildman–Crippen LogP) is 5.84. The summed E-state index contributed by atoms with van der Waals surface area (Å²) in [5, 5.41) is 0. The van der Waals surface area contributed by atoms with Crippen LogP contribution in [0.4, 0.5) is 0 Å². The molecule has 0 aromatic rings. The molecule has 0 saturated heterocycles. The first-order valence-corrected chi connectivity index (χ1v) is 9.67. The summed E-state index contributed by atoms with van der Waals surface area (Å²) >= 11 is 0. The van der Waals surface area contributed by atoms with Gasteiger partial charge in [-0.25, -0.2) is 0 Å². The summed E-state index contributed by atoms with van der Waals surface area (Å²) < 4.78 is 11.2. The van der Waals surface area contributed by atoms with Crippen LogP contribution >= 0.6 is 0 Å². The van der Waals surface area contributed by atoms with Crippen LogP contribution in [0.3, 0.4) is 0 Å². The Morgan fingerprint density at radius 1 is 0.955 bits per heavy atom. The van der Waals surface area contributed by atoms with Crippen molar-refractivity contribution in [2.45, 2.75) is 97.7 Å². The van der Waals surface area contributed by atoms with Crippen molar-refractivity contribution in [2.75, 3.05) is 13.7 Å². The summed E-state index contributed by atoms with van der Waals surface area (Å²) in [4.78, 5) is 0. The highest BCUT2D eigenvalue weighted by Crippen LogP contribution is 2.26. The van der Waals surface area contributed by atoms with Gasteiger partial charge in [0.05, 0.1) is 12.2 Å². The normalized spacial score (nSPS) is 32.5. The van der Waals surface area contributed by atoms with Crippen LogP contribution in [0.15, 0.2) is 0 Å². The number of hydrogen-bond acceptors (Lipinski definition) is 2. The summed E-state index contributed by atoms with van der Waals surface area (Å²) in [7, 11) is 1.83. The first-order valence-electron chi connectivity index (χ1n) is 9.67. The van der Waals surface area contributed by atoms with E-state index in [-0.39, 0.29) is 0 Å². The van der Waals surface area contributed by atoms with Gasteiger partial charge in [-0.3, -0.25) is 0 Å². The van der Waals surface area contributed by atoms with Crippen LogP contribution in [0.5, 0.6) is 0 Å². The molecule has 0 aromatic carbocycles. The fourth-order valence-corrected chi connectivity index (χ4v) is 3.63. The Labute approximate surface area is 139 Å². The average Bonchev–Trinajstić information content (AvgIpc) is 2.48. The van der Waals surface area contributed by atoms with Crippen LogP contribution in [0, 0.1) is 17.8 Å². The third-order valence-electron chi connectivity index (χ3n) is 5.27. The van der Waals surface area contributed by atoms with Crippen molar-refractivity contribution in [3.05, 3.63) is 0 Å². The molecule has 0 spiro atoms. The Morgan fingerprint density at radius 3 is 2.23 bits per heavy atom. The number of methoxy groups -OCH3 is 1. The smallest absolute Gasteiger partial charge is 0.0596 e. The van der Waals surface area contributed by atoms with Gasteiger partial charge in [0, 0.05) is 13.7 Å². The highest BCUT2D eigenvalue weighted by Gasteiger charge is 2.20. The quantitative estimate of drug-likeness (QED) is 0.635. The standard InChI is InChI=1S/C12H24O.C8H16O/c1-10(2)7-8-13-12-6-4-5-11(3)9-12;1-7-5-3-4-6-8(7)9-2/h10-12H,4-9H2,1-3H3;7-8H,3-6H2,1-2H3. The molecule has 0 heterocycles. The number of hydrogen-bond donors (Lipinski definition) is 0. The maximum Gasteiger partial charge on any atom is 0.0596 e. The molecular formula is C20H40O2. The Morgan fingerprint density at radius 2 is 1.68 bits per heavy atom. The minimum absolute atomic E-state index is 0.554. The molecule has 0 radical (unpaired) electrons. The molecule has 0 aromatic heterocycles. The summed E-state index contributed by atoms with van der Waals surface area (Å²) in [5.74, 6) is 2.46. The second kappa shape index (κ2) is 11.5. The second-order valence-electron chi connectivity index (χ2n) is 7.98. The monoisotopic (exact) mass is 312 g/mol. The van der Waals surface area contributed by atoms with Gasteiger partial charge in [0.25, 0.3) is 0 Å². The van der Waals surface area contributed by atoms with Crippen molar-refractivity contribution < 1.29 is 9.47 Å². The lowest BCUT2D eigenvalue weighted by Crippen LogP contribution is -2.23. The van der Waals surface area contributed by atoms with E-state index in [9.17, 15) is 0 Å². The van der Waals surface area contributed by atoms with E-state index in [1.807, 2.05) is 7.11 Å². The van der Waals surface area contributed by atoms with E-state index in [4.69, 9.17) is 9.47 Å². The zero-order valence-corrected chi connectivity index (χ0v) is 15.8. The molecule has 2 aliphatic rings. The van der Waals surface area contributed by atoms with Crippen molar-refractivity contribution >= 4 is 0 Å². The maximum absolute atomic E-state index is 5.86. The van der Waals surface area contributed by atoms with Crippen LogP contribution in [-0.4, -0.2) is 25.9 Å². The Bertz CT molecular complexity index is 264. The van der Waals surface area contributed by atoms with E-state index in [2.05, 4.69) is 27.7 Å². The van der Waals surface area contributed by atoms with Crippen LogP contribution < -0.4 is 0 Å². The average molecular weight is 313 g/mol. The summed E-state index contributed by atoms with van der Waals surface area (Å²) in [6, 6.07) is 0. The van der Waals surface area contributed by atoms with Crippen LogP contribution in [0.25, 0.3) is 0 Å². The molecule has 2 saturated carbocycles. The second-order valence-corrected chi connectivity index (χ2v) is 7.98. The number of rotatable bonds is 5. The molecule has 4 atom stereocenters. The molecule has 0 amide bonds. The van der Waals surface area contributed by atoms with Gasteiger partial charge in [-0.2, -0.15) is 0 Å². The lowest BCUT2D eigenvalue weighted by atomic mass is 9.88. The largest absolute Gasteiger partial charge is 0.381 e. The van der Waals surface area contributed by atoms with E-state index >= 15 is 0 Å². The van der Waals surface area contributed by atoms with Gasteiger partial charge in [-0.1, -0.05) is 53.4 Å². The third-order valence-corrected chi connectivity index (χ3v) is 5.27. The van der Waals surface area contributed by atoms with Gasteiger partial charge < -0.3 is 9.47 Å². The molecule has 2 rings (SSSR count). The predicted molar refractivity (Wildman–Crippen MR) is 95.3 cm³/mol. The summed E-state index contributed by atoms with van der Waals surface area (Å²) in [6.07, 6.45) is 13.1. The Kier molecular flexibility index (Phi) is 10.4. The molecule has 2 nitrogen and oxygen atoms in total. The number of ether oxygens (including phenoxy) is 2. The van der Waals surface area contributed by atoms with Gasteiger partial charge in [0.2, 0.25) is 0 Å². The molecule has 0 aliphatic heterocycles. The van der Waals surface area contributed by atoms with Crippen molar-refractivity contribution in [1.82, 2.24) is 0 Å².